The number of rotatable bonds is 4. The molecule has 0 aliphatic rings. The van der Waals surface area contributed by atoms with E-state index in [0.29, 0.717) is 0 Å². The van der Waals surface area contributed by atoms with Crippen molar-refractivity contribution in [1.82, 2.24) is 0 Å². The van der Waals surface area contributed by atoms with E-state index in [1.165, 1.54) is 39.8 Å². The van der Waals surface area contributed by atoms with Crippen molar-refractivity contribution in [1.29, 1.82) is 0 Å². The van der Waals surface area contributed by atoms with Crippen molar-refractivity contribution in [2.45, 2.75) is 176 Å². The third-order valence-corrected chi connectivity index (χ3v) is 8.23. The van der Waals surface area contributed by atoms with Crippen LogP contribution >= 0.6 is 0 Å². The lowest BCUT2D eigenvalue weighted by molar-refractivity contribution is 0.517. The van der Waals surface area contributed by atoms with E-state index in [0.717, 1.165) is 12.8 Å². The zero-order valence-electron chi connectivity index (χ0n) is 29.4. The van der Waals surface area contributed by atoms with Crippen LogP contribution in [0.15, 0.2) is 24.3 Å². The van der Waals surface area contributed by atoms with Crippen LogP contribution in [0.1, 0.15) is 176 Å². The van der Waals surface area contributed by atoms with Crippen molar-refractivity contribution in [2.24, 2.45) is 0 Å². The Labute approximate surface area is 244 Å². The van der Waals surface area contributed by atoms with Gasteiger partial charge in [0.15, 0.2) is 0 Å². The average Bonchev–Trinajstić information content (AvgIpc) is 2.68. The van der Waals surface area contributed by atoms with E-state index in [1.807, 2.05) is 0 Å². The first kappa shape index (κ1) is 33.6. The summed E-state index contributed by atoms with van der Waals surface area (Å²) in [7, 11) is 0. The average molecular weight is 533 g/mol. The topological polar surface area (TPSA) is 0 Å². The first-order valence-electron chi connectivity index (χ1n) is 15.5. The highest BCUT2D eigenvalue weighted by Crippen LogP contribution is 2.41. The molecule has 0 aromatic heterocycles. The van der Waals surface area contributed by atoms with Gasteiger partial charge in [0, 0.05) is 0 Å². The summed E-state index contributed by atoms with van der Waals surface area (Å²) < 4.78 is 0. The van der Waals surface area contributed by atoms with Crippen LogP contribution in [0.3, 0.4) is 0 Å². The van der Waals surface area contributed by atoms with Crippen LogP contribution < -0.4 is 0 Å². The van der Waals surface area contributed by atoms with Gasteiger partial charge in [-0.1, -0.05) is 149 Å². The fourth-order valence-electron chi connectivity index (χ4n) is 6.05. The molecule has 0 aliphatic carbocycles. The Hall–Kier alpha value is -1.56. The van der Waals surface area contributed by atoms with E-state index in [4.69, 9.17) is 0 Å². The van der Waals surface area contributed by atoms with Crippen LogP contribution in [-0.4, -0.2) is 0 Å². The molecule has 0 fully saturated rings. The van der Waals surface area contributed by atoms with E-state index in [1.54, 1.807) is 11.1 Å². The predicted molar refractivity (Wildman–Crippen MR) is 177 cm³/mol. The fourth-order valence-corrected chi connectivity index (χ4v) is 6.05. The minimum Gasteiger partial charge on any atom is -0.0561 e. The standard InChI is InChI=1S/C39H64/c1-34(2,3)28-24-32(38(13,14)15)30(36(7,8)9)22-26(28)20-19-21-27-23-31(37(10,11)12)33(39(16,17)18)25-29(27)35(4,5)6/h22-25H,19-21H2,1-18H3. The van der Waals surface area contributed by atoms with Gasteiger partial charge >= 0.3 is 0 Å². The Morgan fingerprint density at radius 3 is 0.718 bits per heavy atom. The molecule has 0 atom stereocenters. The maximum atomic E-state index is 2.58. The maximum absolute atomic E-state index is 2.58. The molecule has 2 aromatic carbocycles. The normalized spacial score (nSPS) is 14.2. The van der Waals surface area contributed by atoms with Gasteiger partial charge in [-0.05, 0) is 96.3 Å². The lowest BCUT2D eigenvalue weighted by atomic mass is 9.70. The molecule has 0 spiro atoms. The molecule has 0 saturated heterocycles. The molecule has 0 N–H and O–H groups in total. The molecule has 0 saturated carbocycles. The van der Waals surface area contributed by atoms with Crippen molar-refractivity contribution in [3.8, 4) is 0 Å². The van der Waals surface area contributed by atoms with Gasteiger partial charge in [0.05, 0.1) is 0 Å². The largest absolute Gasteiger partial charge is 0.0561 e. The van der Waals surface area contributed by atoms with E-state index in [2.05, 4.69) is 149 Å². The molecule has 2 rings (SSSR count). The van der Waals surface area contributed by atoms with Crippen LogP contribution in [0.25, 0.3) is 0 Å². The molecule has 0 heterocycles. The van der Waals surface area contributed by atoms with Gasteiger partial charge in [0.25, 0.3) is 0 Å². The zero-order chi connectivity index (χ0) is 30.6. The van der Waals surface area contributed by atoms with Crippen molar-refractivity contribution in [3.05, 3.63) is 68.8 Å². The lowest BCUT2D eigenvalue weighted by Crippen LogP contribution is -2.26. The molecule has 0 bridgehead atoms. The minimum absolute atomic E-state index is 0.121. The smallest absolute Gasteiger partial charge is 0.0129 e. The van der Waals surface area contributed by atoms with Crippen LogP contribution in [0.5, 0.6) is 0 Å². The highest BCUT2D eigenvalue weighted by atomic mass is 14.4. The van der Waals surface area contributed by atoms with Crippen molar-refractivity contribution < 1.29 is 0 Å². The third-order valence-electron chi connectivity index (χ3n) is 8.23. The lowest BCUT2D eigenvalue weighted by Gasteiger charge is -2.35. The minimum atomic E-state index is 0.121. The first-order valence-corrected chi connectivity index (χ1v) is 15.5. The molecule has 0 nitrogen and oxygen atoms in total. The van der Waals surface area contributed by atoms with Gasteiger partial charge in [-0.2, -0.15) is 0 Å². The second kappa shape index (κ2) is 10.7. The van der Waals surface area contributed by atoms with Crippen LogP contribution in [0.4, 0.5) is 0 Å². The van der Waals surface area contributed by atoms with E-state index < -0.39 is 0 Å². The highest BCUT2D eigenvalue weighted by molar-refractivity contribution is 5.49. The number of hydrogen-bond acceptors (Lipinski definition) is 0. The van der Waals surface area contributed by atoms with Gasteiger partial charge in [-0.15, -0.1) is 0 Å². The first-order chi connectivity index (χ1) is 17.1. The van der Waals surface area contributed by atoms with Crippen LogP contribution in [-0.2, 0) is 45.3 Å². The molecule has 0 aliphatic heterocycles. The second-order valence-corrected chi connectivity index (χ2v) is 18.5. The Morgan fingerprint density at radius 2 is 0.513 bits per heavy atom. The molecular weight excluding hydrogens is 468 g/mol. The van der Waals surface area contributed by atoms with Crippen LogP contribution in [0, 0.1) is 0 Å². The summed E-state index contributed by atoms with van der Waals surface area (Å²) in [6.45, 7) is 42.7. The SMILES string of the molecule is CC(C)(C)c1cc(C(C)(C)C)c(C(C)(C)C)cc1CCCc1cc(C(C)(C)C)c(C(C)(C)C)cc1C(C)(C)C. The molecular formula is C39H64. The van der Waals surface area contributed by atoms with Crippen molar-refractivity contribution in [2.75, 3.05) is 0 Å². The molecule has 2 aromatic rings. The Balaban J connectivity index is 2.64. The Morgan fingerprint density at radius 1 is 0.308 bits per heavy atom. The highest BCUT2D eigenvalue weighted by Gasteiger charge is 2.31. The van der Waals surface area contributed by atoms with E-state index in [9.17, 15) is 0 Å². The summed E-state index contributed by atoms with van der Waals surface area (Å²) in [5.74, 6) is 0. The summed E-state index contributed by atoms with van der Waals surface area (Å²) in [5, 5.41) is 0. The second-order valence-electron chi connectivity index (χ2n) is 18.5. The Kier molecular flexibility index (Phi) is 9.22. The van der Waals surface area contributed by atoms with E-state index >= 15 is 0 Å². The summed E-state index contributed by atoms with van der Waals surface area (Å²) >= 11 is 0. The quantitative estimate of drug-likeness (QED) is 0.367. The zero-order valence-corrected chi connectivity index (χ0v) is 29.4. The van der Waals surface area contributed by atoms with Crippen molar-refractivity contribution >= 4 is 0 Å². The number of benzene rings is 2. The Bertz CT molecular complexity index is 1050. The van der Waals surface area contributed by atoms with Gasteiger partial charge in [-0.25, -0.2) is 0 Å². The van der Waals surface area contributed by atoms with Gasteiger partial charge in [0.1, 0.15) is 0 Å². The predicted octanol–water partition coefficient (Wildman–Crippen LogP) is 11.6. The number of aryl methyl sites for hydroxylation is 2. The van der Waals surface area contributed by atoms with Crippen LogP contribution in [0.2, 0.25) is 0 Å². The molecule has 0 amide bonds. The summed E-state index contributed by atoms with van der Waals surface area (Å²) in [6, 6.07) is 10.3. The summed E-state index contributed by atoms with van der Waals surface area (Å²) in [6.07, 6.45) is 3.41. The molecule has 39 heavy (non-hydrogen) atoms. The fraction of sp³-hybridized carbons (Fsp3) is 0.692. The monoisotopic (exact) mass is 533 g/mol. The van der Waals surface area contributed by atoms with E-state index in [-0.39, 0.29) is 32.5 Å². The summed E-state index contributed by atoms with van der Waals surface area (Å²) in [4.78, 5) is 0. The molecule has 0 unspecified atom stereocenters. The van der Waals surface area contributed by atoms with Gasteiger partial charge in [0.2, 0.25) is 0 Å². The molecule has 0 heteroatoms. The van der Waals surface area contributed by atoms with Crippen molar-refractivity contribution in [3.63, 3.8) is 0 Å². The molecule has 0 radical (unpaired) electrons. The summed E-state index contributed by atoms with van der Waals surface area (Å²) in [5.41, 5.74) is 12.9. The molecule has 220 valence electrons. The maximum Gasteiger partial charge on any atom is -0.0129 e. The number of hydrogen-bond donors (Lipinski definition) is 0. The van der Waals surface area contributed by atoms with Gasteiger partial charge in [-0.3, -0.25) is 0 Å². The third kappa shape index (κ3) is 8.24. The van der Waals surface area contributed by atoms with Gasteiger partial charge < -0.3 is 0 Å².